The van der Waals surface area contributed by atoms with E-state index in [4.69, 9.17) is 23.4 Å². The van der Waals surface area contributed by atoms with E-state index in [1.165, 1.54) is 6.07 Å². The van der Waals surface area contributed by atoms with Crippen LogP contribution in [-0.2, 0) is 19.1 Å². The summed E-state index contributed by atoms with van der Waals surface area (Å²) in [6.45, 7) is 0. The average Bonchev–Trinajstić information content (AvgIpc) is 2.97. The van der Waals surface area contributed by atoms with E-state index < -0.39 is 102 Å². The Kier molecular flexibility index (Phi) is 8.58. The number of rotatable bonds is 7. The van der Waals surface area contributed by atoms with Crippen LogP contribution in [0.1, 0.15) is 0 Å². The molecule has 18 nitrogen and oxygen atoms in total. The average molecular weight is 638 g/mol. The van der Waals surface area contributed by atoms with Gasteiger partial charge < -0.3 is 74.4 Å². The van der Waals surface area contributed by atoms with Gasteiger partial charge >= 0.3 is 11.9 Å². The lowest BCUT2D eigenvalue weighted by Gasteiger charge is -2.39. The molecular weight excluding hydrogens is 612 g/mol. The number of carbonyl (C=O) groups is 2. The fraction of sp³-hybridized carbons (Fsp3) is 0.370. The van der Waals surface area contributed by atoms with Crippen LogP contribution in [0.25, 0.3) is 22.3 Å². The first kappa shape index (κ1) is 31.9. The van der Waals surface area contributed by atoms with Crippen molar-refractivity contribution in [1.29, 1.82) is 0 Å². The number of ether oxygens (including phenoxy) is 4. The minimum Gasteiger partial charge on any atom is -0.508 e. The van der Waals surface area contributed by atoms with Gasteiger partial charge in [0.05, 0.1) is 0 Å². The van der Waals surface area contributed by atoms with Gasteiger partial charge in [-0.3, -0.25) is 4.79 Å². The van der Waals surface area contributed by atoms with Crippen LogP contribution in [0.15, 0.2) is 45.6 Å². The Morgan fingerprint density at radius 1 is 0.667 bits per heavy atom. The number of phenols is 2. The molecule has 18 heteroatoms. The molecule has 0 radical (unpaired) electrons. The van der Waals surface area contributed by atoms with Gasteiger partial charge in [-0.15, -0.1) is 0 Å². The molecule has 10 atom stereocenters. The van der Waals surface area contributed by atoms with Gasteiger partial charge in [-0.2, -0.15) is 0 Å². The summed E-state index contributed by atoms with van der Waals surface area (Å²) in [5.74, 6) is -5.52. The summed E-state index contributed by atoms with van der Waals surface area (Å²) < 4.78 is 27.1. The van der Waals surface area contributed by atoms with Crippen LogP contribution < -0.4 is 14.9 Å². The zero-order chi connectivity index (χ0) is 32.9. The monoisotopic (exact) mass is 638 g/mol. The van der Waals surface area contributed by atoms with E-state index in [1.54, 1.807) is 0 Å². The number of aliphatic hydroxyl groups excluding tert-OH is 6. The van der Waals surface area contributed by atoms with E-state index in [-0.39, 0.29) is 22.3 Å². The number of aliphatic carboxylic acids is 2. The maximum atomic E-state index is 12.8. The number of aliphatic hydroxyl groups is 6. The molecule has 3 aromatic rings. The van der Waals surface area contributed by atoms with E-state index >= 15 is 0 Å². The predicted molar refractivity (Wildman–Crippen MR) is 141 cm³/mol. The van der Waals surface area contributed by atoms with Crippen molar-refractivity contribution in [3.05, 3.63) is 46.6 Å². The van der Waals surface area contributed by atoms with E-state index in [0.29, 0.717) is 0 Å². The molecule has 2 aliphatic heterocycles. The lowest BCUT2D eigenvalue weighted by molar-refractivity contribution is -0.276. The van der Waals surface area contributed by atoms with Crippen molar-refractivity contribution < 1.29 is 84.0 Å². The third-order valence-corrected chi connectivity index (χ3v) is 7.14. The van der Waals surface area contributed by atoms with Gasteiger partial charge in [0.15, 0.2) is 29.1 Å². The Bertz CT molecular complexity index is 1670. The normalized spacial score (nSPS) is 31.8. The molecule has 45 heavy (non-hydrogen) atoms. The molecule has 0 spiro atoms. The number of phenolic OH excluding ortho intramolecular Hbond substituents is 2. The molecule has 0 saturated carbocycles. The Morgan fingerprint density at radius 3 is 1.73 bits per heavy atom. The van der Waals surface area contributed by atoms with Crippen molar-refractivity contribution in [1.82, 2.24) is 0 Å². The summed E-state index contributed by atoms with van der Waals surface area (Å²) in [6.07, 6.45) is -20.4. The first-order valence-electron chi connectivity index (χ1n) is 13.0. The number of carboxylic acid groups (broad SMARTS) is 2. The first-order chi connectivity index (χ1) is 21.2. The van der Waals surface area contributed by atoms with Crippen LogP contribution in [0.5, 0.6) is 23.0 Å². The number of aromatic hydroxyl groups is 2. The van der Waals surface area contributed by atoms with E-state index in [9.17, 15) is 65.4 Å². The van der Waals surface area contributed by atoms with Gasteiger partial charge in [0.2, 0.25) is 12.6 Å². The lowest BCUT2D eigenvalue weighted by atomic mass is 9.99. The summed E-state index contributed by atoms with van der Waals surface area (Å²) in [7, 11) is 0. The van der Waals surface area contributed by atoms with Crippen LogP contribution in [0.4, 0.5) is 0 Å². The second kappa shape index (κ2) is 12.1. The number of carboxylic acids is 2. The molecule has 2 saturated heterocycles. The molecule has 2 aromatic carbocycles. The molecule has 1 aromatic heterocycles. The van der Waals surface area contributed by atoms with Gasteiger partial charge in [-0.25, -0.2) is 9.59 Å². The quantitative estimate of drug-likeness (QED) is 0.127. The highest BCUT2D eigenvalue weighted by Crippen LogP contribution is 2.38. The second-order valence-corrected chi connectivity index (χ2v) is 10.2. The molecule has 0 aliphatic carbocycles. The molecule has 10 N–H and O–H groups in total. The molecule has 0 unspecified atom stereocenters. The topological polar surface area (TPSA) is 304 Å². The maximum absolute atomic E-state index is 12.8. The molecule has 242 valence electrons. The third kappa shape index (κ3) is 5.95. The molecule has 0 bridgehead atoms. The fourth-order valence-electron chi connectivity index (χ4n) is 4.80. The highest BCUT2D eigenvalue weighted by atomic mass is 16.7. The second-order valence-electron chi connectivity index (χ2n) is 10.2. The van der Waals surface area contributed by atoms with Crippen LogP contribution in [0.2, 0.25) is 0 Å². The smallest absolute Gasteiger partial charge is 0.335 e. The summed E-state index contributed by atoms with van der Waals surface area (Å²) >= 11 is 0. The Labute approximate surface area is 249 Å². The Morgan fingerprint density at radius 2 is 1.20 bits per heavy atom. The van der Waals surface area contributed by atoms with Crippen molar-refractivity contribution in [3.8, 4) is 34.3 Å². The zero-order valence-corrected chi connectivity index (χ0v) is 22.5. The number of fused-ring (bicyclic) bond motifs is 1. The lowest BCUT2D eigenvalue weighted by Crippen LogP contribution is -2.61. The van der Waals surface area contributed by atoms with Gasteiger partial charge in [0.25, 0.3) is 0 Å². The molecule has 0 amide bonds. The van der Waals surface area contributed by atoms with Crippen LogP contribution in [0, 0.1) is 0 Å². The van der Waals surface area contributed by atoms with E-state index in [1.807, 2.05) is 0 Å². The van der Waals surface area contributed by atoms with Crippen molar-refractivity contribution >= 4 is 22.9 Å². The minimum atomic E-state index is -2.08. The summed E-state index contributed by atoms with van der Waals surface area (Å²) in [6, 6.07) is 6.39. The van der Waals surface area contributed by atoms with E-state index in [2.05, 4.69) is 0 Å². The number of benzene rings is 2. The molecule has 3 heterocycles. The molecule has 2 fully saturated rings. The highest BCUT2D eigenvalue weighted by molar-refractivity contribution is 5.86. The SMILES string of the molecule is O=C(O)[C@@H]1O[C@@H](Oc2ccc(-c3cc(=O)c4c(O)cc(O)cc4o3)cc2O[C@@H]2O[C@@H](C(=O)O)[C@H](O)[C@H](O)[C@H]2O)[C@H](O)[C@H](O)[C@H]1O. The third-order valence-electron chi connectivity index (χ3n) is 7.14. The van der Waals surface area contributed by atoms with Gasteiger partial charge in [-0.05, 0) is 18.2 Å². The van der Waals surface area contributed by atoms with Gasteiger partial charge in [0.1, 0.15) is 64.9 Å². The summed E-state index contributed by atoms with van der Waals surface area (Å²) in [5, 5.41) is 99.7. The Hall–Kier alpha value is -4.53. The van der Waals surface area contributed by atoms with Crippen LogP contribution >= 0.6 is 0 Å². The van der Waals surface area contributed by atoms with Crippen LogP contribution in [0.3, 0.4) is 0 Å². The standard InChI is InChI=1S/C27H26O18/c28-8-4-9(29)15-10(30)6-12(41-14(15)5-8)7-1-2-11(42-26-20(35)16(31)18(33)22(44-26)24(37)38)13(3-7)43-27-21(36)17(32)19(34)23(45-27)25(39)40/h1-6,16-23,26-29,31-36H,(H,37,38)(H,39,40)/t16-,17+,18-,19-,20-,21-,22-,23-,26-,27-/m1/s1. The Balaban J connectivity index is 1.57. The minimum absolute atomic E-state index is 0.0174. The van der Waals surface area contributed by atoms with Crippen molar-refractivity contribution in [2.45, 2.75) is 61.4 Å². The van der Waals surface area contributed by atoms with Gasteiger partial charge in [0, 0.05) is 23.8 Å². The molecular formula is C27H26O18. The largest absolute Gasteiger partial charge is 0.508 e. The highest BCUT2D eigenvalue weighted by Gasteiger charge is 2.50. The summed E-state index contributed by atoms with van der Waals surface area (Å²) in [5.41, 5.74) is -0.940. The zero-order valence-electron chi connectivity index (χ0n) is 22.5. The van der Waals surface area contributed by atoms with E-state index in [0.717, 1.165) is 30.3 Å². The van der Waals surface area contributed by atoms with Crippen molar-refractivity contribution in [2.24, 2.45) is 0 Å². The number of hydrogen-bond acceptors (Lipinski definition) is 16. The first-order valence-corrected chi connectivity index (χ1v) is 13.0. The molecule has 5 rings (SSSR count). The predicted octanol–water partition coefficient (Wildman–Crippen LogP) is -2.59. The van der Waals surface area contributed by atoms with Crippen LogP contribution in [-0.4, -0.2) is 124 Å². The fourth-order valence-corrected chi connectivity index (χ4v) is 4.80. The summed E-state index contributed by atoms with van der Waals surface area (Å²) in [4.78, 5) is 35.9. The van der Waals surface area contributed by atoms with Crippen molar-refractivity contribution in [3.63, 3.8) is 0 Å². The van der Waals surface area contributed by atoms with Gasteiger partial charge in [-0.1, -0.05) is 0 Å². The maximum Gasteiger partial charge on any atom is 0.335 e. The number of hydrogen-bond donors (Lipinski definition) is 10. The molecule has 2 aliphatic rings. The van der Waals surface area contributed by atoms with Crippen molar-refractivity contribution in [2.75, 3.05) is 0 Å².